The third kappa shape index (κ3) is 5.64. The van der Waals surface area contributed by atoms with Gasteiger partial charge in [-0.3, -0.25) is 20.4 Å². The number of guanidine groups is 1. The van der Waals surface area contributed by atoms with Crippen molar-refractivity contribution in [2.24, 2.45) is 4.99 Å². The summed E-state index contributed by atoms with van der Waals surface area (Å²) in [4.78, 5) is 29.5. The van der Waals surface area contributed by atoms with Gasteiger partial charge >= 0.3 is 0 Å². The molecule has 3 N–H and O–H groups in total. The number of carbonyl (C=O) groups excluding carboxylic acids is 1. The monoisotopic (exact) mass is 458 g/mol. The maximum atomic E-state index is 13.7. The van der Waals surface area contributed by atoms with Gasteiger partial charge in [-0.2, -0.15) is 0 Å². The predicted molar refractivity (Wildman–Crippen MR) is 132 cm³/mol. The summed E-state index contributed by atoms with van der Waals surface area (Å²) in [5, 5.41) is 6.76. The van der Waals surface area contributed by atoms with E-state index in [1.807, 2.05) is 63.4 Å². The van der Waals surface area contributed by atoms with Gasteiger partial charge < -0.3 is 4.98 Å². The minimum Gasteiger partial charge on any atom is -0.361 e. The highest BCUT2D eigenvalue weighted by Gasteiger charge is 2.17. The third-order valence-corrected chi connectivity index (χ3v) is 5.53. The molecule has 4 rings (SSSR count). The lowest BCUT2D eigenvalue weighted by Crippen LogP contribution is -2.39. The molecule has 0 radical (unpaired) electrons. The molecule has 4 aromatic rings. The maximum absolute atomic E-state index is 13.7. The number of hydrogen-bond acceptors (Lipinski definition) is 4. The van der Waals surface area contributed by atoms with E-state index in [1.54, 1.807) is 6.07 Å². The van der Waals surface area contributed by atoms with E-state index in [0.29, 0.717) is 18.9 Å². The van der Waals surface area contributed by atoms with Crippen LogP contribution < -0.4 is 10.6 Å². The van der Waals surface area contributed by atoms with E-state index >= 15 is 0 Å². The van der Waals surface area contributed by atoms with Gasteiger partial charge in [-0.15, -0.1) is 0 Å². The van der Waals surface area contributed by atoms with Crippen molar-refractivity contribution < 1.29 is 9.18 Å². The second-order valence-corrected chi connectivity index (χ2v) is 8.21. The zero-order chi connectivity index (χ0) is 24.1. The molecule has 34 heavy (non-hydrogen) atoms. The SMILES string of the molecule is Cc1cc(C)nc(NC(=NCCc2c[nH]c3ccc(F)cc23)NC(=O)[C@@H](C)c2ccccc2)n1. The van der Waals surface area contributed by atoms with Crippen LogP contribution in [0.15, 0.2) is 65.8 Å². The van der Waals surface area contributed by atoms with E-state index in [4.69, 9.17) is 0 Å². The fourth-order valence-electron chi connectivity index (χ4n) is 3.76. The summed E-state index contributed by atoms with van der Waals surface area (Å²) in [6.07, 6.45) is 2.42. The molecule has 8 heteroatoms. The molecule has 0 spiro atoms. The van der Waals surface area contributed by atoms with E-state index in [2.05, 4.69) is 30.6 Å². The van der Waals surface area contributed by atoms with Crippen molar-refractivity contribution in [3.05, 3.63) is 89.1 Å². The van der Waals surface area contributed by atoms with Crippen molar-refractivity contribution >= 4 is 28.7 Å². The Bertz CT molecular complexity index is 1310. The number of hydrogen-bond donors (Lipinski definition) is 3. The molecule has 7 nitrogen and oxygen atoms in total. The standard InChI is InChI=1S/C26H27FN6O/c1-16-13-17(2)31-26(30-16)33-25(32-24(34)18(3)19-7-5-4-6-8-19)28-12-11-20-15-29-23-10-9-21(27)14-22(20)23/h4-10,13-15,18,29H,11-12H2,1-3H3,(H2,28,30,31,32,33,34)/t18-/m0/s1. The van der Waals surface area contributed by atoms with Crippen molar-refractivity contribution in [1.82, 2.24) is 20.3 Å². The average Bonchev–Trinajstić information content (AvgIpc) is 3.20. The number of benzene rings is 2. The highest BCUT2D eigenvalue weighted by Crippen LogP contribution is 2.20. The summed E-state index contributed by atoms with van der Waals surface area (Å²) >= 11 is 0. The van der Waals surface area contributed by atoms with Crippen molar-refractivity contribution in [2.75, 3.05) is 11.9 Å². The topological polar surface area (TPSA) is 95.1 Å². The number of aromatic nitrogens is 3. The Kier molecular flexibility index (Phi) is 6.96. The van der Waals surface area contributed by atoms with Gasteiger partial charge in [0.2, 0.25) is 17.8 Å². The summed E-state index contributed by atoms with van der Waals surface area (Å²) in [5.41, 5.74) is 4.33. The van der Waals surface area contributed by atoms with Crippen LogP contribution in [-0.2, 0) is 11.2 Å². The first kappa shape index (κ1) is 23.1. The van der Waals surface area contributed by atoms with Gasteiger partial charge in [-0.05, 0) is 62.6 Å². The molecular formula is C26H27FN6O. The molecule has 0 aliphatic rings. The Morgan fingerprint density at radius 2 is 1.82 bits per heavy atom. The first-order valence-corrected chi connectivity index (χ1v) is 11.1. The Morgan fingerprint density at radius 3 is 2.56 bits per heavy atom. The largest absolute Gasteiger partial charge is 0.361 e. The van der Waals surface area contributed by atoms with Gasteiger partial charge in [0.15, 0.2) is 0 Å². The molecule has 1 atom stereocenters. The van der Waals surface area contributed by atoms with Crippen LogP contribution in [0, 0.1) is 19.7 Å². The lowest BCUT2D eigenvalue weighted by Gasteiger charge is -2.15. The summed E-state index contributed by atoms with van der Waals surface area (Å²) in [6.45, 7) is 5.97. The van der Waals surface area contributed by atoms with Crippen LogP contribution in [-0.4, -0.2) is 33.4 Å². The molecule has 0 fully saturated rings. The number of aromatic amines is 1. The Hall–Kier alpha value is -4.07. The number of aryl methyl sites for hydroxylation is 2. The number of nitrogens with zero attached hydrogens (tertiary/aromatic N) is 3. The lowest BCUT2D eigenvalue weighted by atomic mass is 10.0. The molecule has 2 aromatic heterocycles. The normalized spacial score (nSPS) is 12.5. The van der Waals surface area contributed by atoms with Gasteiger partial charge in [0.1, 0.15) is 5.82 Å². The minimum absolute atomic E-state index is 0.198. The number of H-pyrrole nitrogens is 1. The van der Waals surface area contributed by atoms with Crippen molar-refractivity contribution in [3.63, 3.8) is 0 Å². The summed E-state index contributed by atoms with van der Waals surface area (Å²) in [5.74, 6) is -0.226. The van der Waals surface area contributed by atoms with Gasteiger partial charge in [0.05, 0.1) is 5.92 Å². The number of fused-ring (bicyclic) bond motifs is 1. The number of halogens is 1. The highest BCUT2D eigenvalue weighted by atomic mass is 19.1. The number of carbonyl (C=O) groups is 1. The lowest BCUT2D eigenvalue weighted by molar-refractivity contribution is -0.120. The number of nitrogens with one attached hydrogen (secondary N) is 3. The zero-order valence-corrected chi connectivity index (χ0v) is 19.4. The highest BCUT2D eigenvalue weighted by molar-refractivity contribution is 6.05. The maximum Gasteiger partial charge on any atom is 0.233 e. The summed E-state index contributed by atoms with van der Waals surface area (Å²) < 4.78 is 13.7. The molecule has 1 amide bonds. The zero-order valence-electron chi connectivity index (χ0n) is 19.4. The van der Waals surface area contributed by atoms with Gasteiger partial charge in [0, 0.05) is 35.0 Å². The van der Waals surface area contributed by atoms with E-state index in [1.165, 1.54) is 12.1 Å². The molecule has 0 unspecified atom stereocenters. The van der Waals surface area contributed by atoms with Gasteiger partial charge in [-0.1, -0.05) is 30.3 Å². The van der Waals surface area contributed by atoms with Crippen LogP contribution in [0.25, 0.3) is 10.9 Å². The number of rotatable bonds is 6. The molecule has 2 heterocycles. The first-order valence-electron chi connectivity index (χ1n) is 11.1. The molecule has 2 aromatic carbocycles. The van der Waals surface area contributed by atoms with E-state index in [9.17, 15) is 9.18 Å². The minimum atomic E-state index is -0.370. The van der Waals surface area contributed by atoms with E-state index in [0.717, 1.165) is 33.4 Å². The number of aliphatic imine (C=N–C) groups is 1. The van der Waals surface area contributed by atoms with Crippen LogP contribution in [0.2, 0.25) is 0 Å². The Labute approximate surface area is 197 Å². The second kappa shape index (κ2) is 10.2. The Balaban J connectivity index is 1.53. The molecule has 0 saturated carbocycles. The van der Waals surface area contributed by atoms with Crippen LogP contribution in [0.3, 0.4) is 0 Å². The number of anilines is 1. The number of amides is 1. The van der Waals surface area contributed by atoms with Crippen LogP contribution in [0.4, 0.5) is 10.3 Å². The summed E-state index contributed by atoms with van der Waals surface area (Å²) in [7, 11) is 0. The summed E-state index contributed by atoms with van der Waals surface area (Å²) in [6, 6.07) is 16.1. The quantitative estimate of drug-likeness (QED) is 0.290. The average molecular weight is 459 g/mol. The first-order chi connectivity index (χ1) is 16.4. The van der Waals surface area contributed by atoms with Crippen molar-refractivity contribution in [2.45, 2.75) is 33.1 Å². The van der Waals surface area contributed by atoms with Crippen LogP contribution in [0.1, 0.15) is 35.4 Å². The molecule has 0 saturated heterocycles. The predicted octanol–water partition coefficient (Wildman–Crippen LogP) is 4.64. The molecule has 0 aliphatic heterocycles. The Morgan fingerprint density at radius 1 is 1.09 bits per heavy atom. The van der Waals surface area contributed by atoms with Gasteiger partial charge in [0.25, 0.3) is 0 Å². The molecule has 174 valence electrons. The fraction of sp³-hybridized carbons (Fsp3) is 0.231. The van der Waals surface area contributed by atoms with Crippen molar-refractivity contribution in [3.8, 4) is 0 Å². The van der Waals surface area contributed by atoms with E-state index < -0.39 is 0 Å². The van der Waals surface area contributed by atoms with Crippen LogP contribution >= 0.6 is 0 Å². The fourth-order valence-corrected chi connectivity index (χ4v) is 3.76. The van der Waals surface area contributed by atoms with E-state index in [-0.39, 0.29) is 23.6 Å². The second-order valence-electron chi connectivity index (χ2n) is 8.21. The van der Waals surface area contributed by atoms with Crippen LogP contribution in [0.5, 0.6) is 0 Å². The molecule has 0 bridgehead atoms. The van der Waals surface area contributed by atoms with Gasteiger partial charge in [-0.25, -0.2) is 14.4 Å². The smallest absolute Gasteiger partial charge is 0.233 e. The molecular weight excluding hydrogens is 431 g/mol. The molecule has 0 aliphatic carbocycles. The third-order valence-electron chi connectivity index (χ3n) is 5.53. The van der Waals surface area contributed by atoms with Crippen molar-refractivity contribution in [1.29, 1.82) is 0 Å².